The van der Waals surface area contributed by atoms with Crippen LogP contribution in [0, 0.1) is 6.92 Å². The van der Waals surface area contributed by atoms with E-state index in [1.165, 1.54) is 5.56 Å². The van der Waals surface area contributed by atoms with Gasteiger partial charge in [-0.3, -0.25) is 4.90 Å². The maximum atomic E-state index is 9.74. The van der Waals surface area contributed by atoms with Gasteiger partial charge in [0.1, 0.15) is 5.75 Å². The molecule has 1 aliphatic heterocycles. The number of nitrogens with zero attached hydrogens (tertiary/aromatic N) is 1. The minimum absolute atomic E-state index is 0.137. The lowest BCUT2D eigenvalue weighted by molar-refractivity contribution is 0.0789. The summed E-state index contributed by atoms with van der Waals surface area (Å²) in [5.41, 5.74) is 2.15. The Bertz CT molecular complexity index is 357. The molecule has 0 aromatic heterocycles. The van der Waals surface area contributed by atoms with Gasteiger partial charge in [0.15, 0.2) is 0 Å². The van der Waals surface area contributed by atoms with Gasteiger partial charge in [0.05, 0.1) is 6.10 Å². The third kappa shape index (κ3) is 2.74. The van der Waals surface area contributed by atoms with E-state index in [0.29, 0.717) is 5.75 Å². The molecule has 1 fully saturated rings. The number of piperidine rings is 1. The van der Waals surface area contributed by atoms with E-state index in [0.717, 1.165) is 38.0 Å². The summed E-state index contributed by atoms with van der Waals surface area (Å²) in [5.74, 6) is 0.372. The van der Waals surface area contributed by atoms with E-state index in [1.807, 2.05) is 19.1 Å². The first-order valence-electron chi connectivity index (χ1n) is 5.84. The summed E-state index contributed by atoms with van der Waals surface area (Å²) in [6.07, 6.45) is 1.54. The molecule has 0 unspecified atom stereocenters. The lowest BCUT2D eigenvalue weighted by Crippen LogP contribution is -2.35. The smallest absolute Gasteiger partial charge is 0.120 e. The average Bonchev–Trinajstić information content (AvgIpc) is 2.27. The van der Waals surface area contributed by atoms with Gasteiger partial charge >= 0.3 is 0 Å². The topological polar surface area (TPSA) is 43.7 Å². The number of phenolic OH excluding ortho intramolecular Hbond substituents is 1. The lowest BCUT2D eigenvalue weighted by atomic mass is 10.1. The molecule has 2 N–H and O–H groups in total. The Kier molecular flexibility index (Phi) is 3.46. The summed E-state index contributed by atoms with van der Waals surface area (Å²) in [4.78, 5) is 2.28. The first-order valence-corrected chi connectivity index (χ1v) is 5.84. The molecule has 1 aromatic rings. The van der Waals surface area contributed by atoms with Gasteiger partial charge in [-0.2, -0.15) is 0 Å². The second-order valence-corrected chi connectivity index (χ2v) is 4.64. The summed E-state index contributed by atoms with van der Waals surface area (Å²) in [6.45, 7) is 4.63. The largest absolute Gasteiger partial charge is 0.508 e. The predicted octanol–water partition coefficient (Wildman–Crippen LogP) is 1.66. The van der Waals surface area contributed by atoms with Crippen molar-refractivity contribution in [1.29, 1.82) is 0 Å². The monoisotopic (exact) mass is 221 g/mol. The van der Waals surface area contributed by atoms with Gasteiger partial charge in [0, 0.05) is 25.2 Å². The van der Waals surface area contributed by atoms with Gasteiger partial charge < -0.3 is 10.2 Å². The molecule has 0 spiro atoms. The van der Waals surface area contributed by atoms with Crippen molar-refractivity contribution in [3.8, 4) is 5.75 Å². The fraction of sp³-hybridized carbons (Fsp3) is 0.538. The highest BCUT2D eigenvalue weighted by Crippen LogP contribution is 2.21. The molecular weight excluding hydrogens is 202 g/mol. The zero-order valence-electron chi connectivity index (χ0n) is 9.69. The quantitative estimate of drug-likeness (QED) is 0.798. The first-order chi connectivity index (χ1) is 7.65. The molecule has 0 atom stereocenters. The minimum Gasteiger partial charge on any atom is -0.508 e. The molecule has 2 rings (SSSR count). The van der Waals surface area contributed by atoms with Crippen molar-refractivity contribution in [3.05, 3.63) is 29.3 Å². The van der Waals surface area contributed by atoms with Crippen LogP contribution in [0.1, 0.15) is 24.0 Å². The van der Waals surface area contributed by atoms with Crippen LogP contribution in [0.5, 0.6) is 5.75 Å². The highest BCUT2D eigenvalue weighted by Gasteiger charge is 2.17. The molecular formula is C13H19NO2. The van der Waals surface area contributed by atoms with E-state index < -0.39 is 0 Å². The Morgan fingerprint density at radius 1 is 1.31 bits per heavy atom. The number of aromatic hydroxyl groups is 1. The van der Waals surface area contributed by atoms with E-state index in [2.05, 4.69) is 4.90 Å². The fourth-order valence-electron chi connectivity index (χ4n) is 2.16. The van der Waals surface area contributed by atoms with Crippen molar-refractivity contribution < 1.29 is 10.2 Å². The highest BCUT2D eigenvalue weighted by atomic mass is 16.3. The molecule has 0 radical (unpaired) electrons. The Hall–Kier alpha value is -1.06. The SMILES string of the molecule is Cc1ccc(O)c(CN2CCC(O)CC2)c1. The molecule has 88 valence electrons. The van der Waals surface area contributed by atoms with Gasteiger partial charge in [-0.1, -0.05) is 17.7 Å². The van der Waals surface area contributed by atoms with Gasteiger partial charge in [-0.15, -0.1) is 0 Å². The Balaban J connectivity index is 2.00. The number of benzene rings is 1. The van der Waals surface area contributed by atoms with E-state index in [4.69, 9.17) is 0 Å². The number of likely N-dealkylation sites (tertiary alicyclic amines) is 1. The van der Waals surface area contributed by atoms with Gasteiger partial charge in [-0.05, 0) is 25.8 Å². The van der Waals surface area contributed by atoms with Crippen molar-refractivity contribution in [1.82, 2.24) is 4.90 Å². The molecule has 0 aliphatic carbocycles. The van der Waals surface area contributed by atoms with Gasteiger partial charge in [-0.25, -0.2) is 0 Å². The third-order valence-electron chi connectivity index (χ3n) is 3.19. The van der Waals surface area contributed by atoms with E-state index in [1.54, 1.807) is 6.07 Å². The lowest BCUT2D eigenvalue weighted by Gasteiger charge is -2.29. The zero-order valence-corrected chi connectivity index (χ0v) is 9.69. The Morgan fingerprint density at radius 3 is 2.69 bits per heavy atom. The van der Waals surface area contributed by atoms with Crippen molar-refractivity contribution in [2.24, 2.45) is 0 Å². The summed E-state index contributed by atoms with van der Waals surface area (Å²) in [7, 11) is 0. The summed E-state index contributed by atoms with van der Waals surface area (Å²) < 4.78 is 0. The molecule has 3 heteroatoms. The molecule has 0 bridgehead atoms. The van der Waals surface area contributed by atoms with Crippen LogP contribution in [-0.4, -0.2) is 34.3 Å². The van der Waals surface area contributed by atoms with Crippen LogP contribution in [-0.2, 0) is 6.54 Å². The highest BCUT2D eigenvalue weighted by molar-refractivity contribution is 5.35. The Morgan fingerprint density at radius 2 is 2.00 bits per heavy atom. The number of aryl methyl sites for hydroxylation is 1. The summed E-state index contributed by atoms with van der Waals surface area (Å²) in [6, 6.07) is 5.70. The van der Waals surface area contributed by atoms with Crippen LogP contribution in [0.25, 0.3) is 0 Å². The Labute approximate surface area is 96.3 Å². The molecule has 1 saturated heterocycles. The average molecular weight is 221 g/mol. The van der Waals surface area contributed by atoms with Crippen molar-refractivity contribution in [2.45, 2.75) is 32.4 Å². The van der Waals surface area contributed by atoms with Crippen LogP contribution in [0.2, 0.25) is 0 Å². The molecule has 3 nitrogen and oxygen atoms in total. The third-order valence-corrected chi connectivity index (χ3v) is 3.19. The molecule has 1 aliphatic rings. The van der Waals surface area contributed by atoms with Crippen LogP contribution in [0.4, 0.5) is 0 Å². The van der Waals surface area contributed by atoms with Crippen molar-refractivity contribution in [3.63, 3.8) is 0 Å². The fourth-order valence-corrected chi connectivity index (χ4v) is 2.16. The van der Waals surface area contributed by atoms with E-state index in [-0.39, 0.29) is 6.10 Å². The number of rotatable bonds is 2. The van der Waals surface area contributed by atoms with Crippen LogP contribution in [0.15, 0.2) is 18.2 Å². The normalized spacial score (nSPS) is 18.9. The van der Waals surface area contributed by atoms with E-state index >= 15 is 0 Å². The number of aliphatic hydroxyl groups excluding tert-OH is 1. The maximum absolute atomic E-state index is 9.74. The maximum Gasteiger partial charge on any atom is 0.120 e. The number of hydrogen-bond acceptors (Lipinski definition) is 3. The van der Waals surface area contributed by atoms with Crippen molar-refractivity contribution >= 4 is 0 Å². The van der Waals surface area contributed by atoms with Gasteiger partial charge in [0.2, 0.25) is 0 Å². The zero-order chi connectivity index (χ0) is 11.5. The summed E-state index contributed by atoms with van der Waals surface area (Å²) >= 11 is 0. The number of phenols is 1. The van der Waals surface area contributed by atoms with Crippen LogP contribution >= 0.6 is 0 Å². The molecule has 1 aromatic carbocycles. The van der Waals surface area contributed by atoms with E-state index in [9.17, 15) is 10.2 Å². The van der Waals surface area contributed by atoms with Gasteiger partial charge in [0.25, 0.3) is 0 Å². The first kappa shape index (κ1) is 11.4. The van der Waals surface area contributed by atoms with Crippen molar-refractivity contribution in [2.75, 3.05) is 13.1 Å². The molecule has 16 heavy (non-hydrogen) atoms. The summed E-state index contributed by atoms with van der Waals surface area (Å²) in [5, 5.41) is 19.2. The number of hydrogen-bond donors (Lipinski definition) is 2. The predicted molar refractivity (Wildman–Crippen MR) is 63.4 cm³/mol. The second-order valence-electron chi connectivity index (χ2n) is 4.64. The molecule has 1 heterocycles. The number of aliphatic hydroxyl groups is 1. The minimum atomic E-state index is -0.137. The molecule has 0 amide bonds. The molecule has 0 saturated carbocycles. The van der Waals surface area contributed by atoms with Crippen LogP contribution in [0.3, 0.4) is 0 Å². The standard InChI is InChI=1S/C13H19NO2/c1-10-2-3-13(16)11(8-10)9-14-6-4-12(15)5-7-14/h2-3,8,12,15-16H,4-7,9H2,1H3. The van der Waals surface area contributed by atoms with Crippen LogP contribution < -0.4 is 0 Å². The second kappa shape index (κ2) is 4.85.